The number of aliphatic carboxylic acids is 1. The third-order valence-corrected chi connectivity index (χ3v) is 3.36. The molecule has 0 radical (unpaired) electrons. The van der Waals surface area contributed by atoms with Gasteiger partial charge in [-0.3, -0.25) is 16.1 Å². The molecule has 17 heavy (non-hydrogen) atoms. The van der Waals surface area contributed by atoms with E-state index in [-0.39, 0.29) is 12.5 Å². The number of unbranched alkanes of at least 4 members (excludes halogenated alkanes) is 3. The van der Waals surface area contributed by atoms with Crippen molar-refractivity contribution in [2.24, 2.45) is 11.8 Å². The van der Waals surface area contributed by atoms with Gasteiger partial charge in [0.05, 0.1) is 0 Å². The van der Waals surface area contributed by atoms with Gasteiger partial charge < -0.3 is 5.11 Å². The molecule has 0 aliphatic heterocycles. The Kier molecular flexibility index (Phi) is 10.2. The minimum Gasteiger partial charge on any atom is -0.481 e. The van der Waals surface area contributed by atoms with Crippen molar-refractivity contribution in [3.05, 3.63) is 0 Å². The van der Waals surface area contributed by atoms with Crippen molar-refractivity contribution < 1.29 is 9.90 Å². The molecule has 102 valence electrons. The van der Waals surface area contributed by atoms with Gasteiger partial charge >= 0.3 is 5.97 Å². The summed E-state index contributed by atoms with van der Waals surface area (Å²) in [4.78, 5) is 10.5. The van der Waals surface area contributed by atoms with E-state index in [1.165, 1.54) is 25.7 Å². The maximum atomic E-state index is 10.5. The Morgan fingerprint density at radius 2 is 1.88 bits per heavy atom. The van der Waals surface area contributed by atoms with Crippen molar-refractivity contribution in [1.82, 2.24) is 5.43 Å². The third-order valence-electron chi connectivity index (χ3n) is 3.36. The standard InChI is InChI=1S/C13H28N2O2/c1-3-4-5-6-8-12(11(2)15-14)9-7-10-13(16)17/h11-12,15H,3-10,14H2,1-2H3,(H,16,17). The average molecular weight is 244 g/mol. The van der Waals surface area contributed by atoms with Gasteiger partial charge in [0, 0.05) is 12.5 Å². The number of hydrogen-bond donors (Lipinski definition) is 3. The summed E-state index contributed by atoms with van der Waals surface area (Å²) in [6.45, 7) is 4.28. The molecule has 0 aliphatic rings. The number of rotatable bonds is 11. The fraction of sp³-hybridized carbons (Fsp3) is 0.923. The second kappa shape index (κ2) is 10.5. The van der Waals surface area contributed by atoms with E-state index < -0.39 is 5.97 Å². The van der Waals surface area contributed by atoms with Gasteiger partial charge in [0.1, 0.15) is 0 Å². The summed E-state index contributed by atoms with van der Waals surface area (Å²) in [6.07, 6.45) is 8.12. The topological polar surface area (TPSA) is 75.3 Å². The lowest BCUT2D eigenvalue weighted by molar-refractivity contribution is -0.137. The predicted octanol–water partition coefficient (Wildman–Crippen LogP) is 2.68. The van der Waals surface area contributed by atoms with Crippen LogP contribution in [0.3, 0.4) is 0 Å². The zero-order chi connectivity index (χ0) is 13.1. The third kappa shape index (κ3) is 9.12. The number of carboxylic acids is 1. The van der Waals surface area contributed by atoms with Crippen LogP contribution in [0.15, 0.2) is 0 Å². The van der Waals surface area contributed by atoms with Crippen LogP contribution in [-0.2, 0) is 4.79 Å². The minimum absolute atomic E-state index is 0.267. The normalized spacial score (nSPS) is 14.5. The van der Waals surface area contributed by atoms with Gasteiger partial charge in [0.25, 0.3) is 0 Å². The number of carboxylic acid groups (broad SMARTS) is 1. The Hall–Kier alpha value is -0.610. The molecular weight excluding hydrogens is 216 g/mol. The van der Waals surface area contributed by atoms with Crippen LogP contribution in [0.4, 0.5) is 0 Å². The molecule has 2 atom stereocenters. The van der Waals surface area contributed by atoms with Gasteiger partial charge in [0.2, 0.25) is 0 Å². The molecule has 0 aliphatic carbocycles. The smallest absolute Gasteiger partial charge is 0.303 e. The maximum Gasteiger partial charge on any atom is 0.303 e. The van der Waals surface area contributed by atoms with E-state index in [0.29, 0.717) is 5.92 Å². The Morgan fingerprint density at radius 1 is 1.24 bits per heavy atom. The lowest BCUT2D eigenvalue weighted by Crippen LogP contribution is -2.38. The van der Waals surface area contributed by atoms with Crippen LogP contribution in [0.5, 0.6) is 0 Å². The van der Waals surface area contributed by atoms with Crippen molar-refractivity contribution in [1.29, 1.82) is 0 Å². The van der Waals surface area contributed by atoms with Crippen molar-refractivity contribution in [3.8, 4) is 0 Å². The first-order chi connectivity index (χ1) is 8.11. The van der Waals surface area contributed by atoms with Crippen molar-refractivity contribution >= 4 is 5.97 Å². The lowest BCUT2D eigenvalue weighted by atomic mass is 9.89. The second-order valence-corrected chi connectivity index (χ2v) is 4.85. The molecular formula is C13H28N2O2. The molecule has 4 nitrogen and oxygen atoms in total. The van der Waals surface area contributed by atoms with Gasteiger partial charge in [-0.1, -0.05) is 32.6 Å². The molecule has 0 amide bonds. The summed E-state index contributed by atoms with van der Waals surface area (Å²) in [5, 5.41) is 8.63. The quantitative estimate of drug-likeness (QED) is 0.297. The first-order valence-electron chi connectivity index (χ1n) is 6.79. The van der Waals surface area contributed by atoms with Crippen LogP contribution >= 0.6 is 0 Å². The molecule has 0 aromatic rings. The van der Waals surface area contributed by atoms with E-state index in [9.17, 15) is 4.79 Å². The Morgan fingerprint density at radius 3 is 2.41 bits per heavy atom. The summed E-state index contributed by atoms with van der Waals surface area (Å²) in [7, 11) is 0. The Balaban J connectivity index is 3.84. The largest absolute Gasteiger partial charge is 0.481 e. The molecule has 0 fully saturated rings. The van der Waals surface area contributed by atoms with Crippen LogP contribution in [-0.4, -0.2) is 17.1 Å². The van der Waals surface area contributed by atoms with Crippen LogP contribution in [0.25, 0.3) is 0 Å². The average Bonchev–Trinajstić information content (AvgIpc) is 2.31. The molecule has 0 spiro atoms. The minimum atomic E-state index is -0.705. The predicted molar refractivity (Wildman–Crippen MR) is 70.5 cm³/mol. The molecule has 4 heteroatoms. The highest BCUT2D eigenvalue weighted by atomic mass is 16.4. The first kappa shape index (κ1) is 16.4. The summed E-state index contributed by atoms with van der Waals surface area (Å²) in [6, 6.07) is 0.269. The number of nitrogens with two attached hydrogens (primary N) is 1. The van der Waals surface area contributed by atoms with Gasteiger partial charge in [-0.15, -0.1) is 0 Å². The van der Waals surface area contributed by atoms with Gasteiger partial charge in [-0.2, -0.15) is 0 Å². The van der Waals surface area contributed by atoms with Crippen molar-refractivity contribution in [2.75, 3.05) is 0 Å². The van der Waals surface area contributed by atoms with Gasteiger partial charge in [0.15, 0.2) is 0 Å². The molecule has 0 aromatic carbocycles. The fourth-order valence-electron chi connectivity index (χ4n) is 2.13. The zero-order valence-electron chi connectivity index (χ0n) is 11.2. The molecule has 0 bridgehead atoms. The van der Waals surface area contributed by atoms with Crippen molar-refractivity contribution in [2.45, 2.75) is 71.3 Å². The molecule has 2 unspecified atom stereocenters. The highest BCUT2D eigenvalue weighted by molar-refractivity contribution is 5.66. The van der Waals surface area contributed by atoms with Gasteiger partial charge in [-0.05, 0) is 32.1 Å². The lowest BCUT2D eigenvalue weighted by Gasteiger charge is -2.23. The molecule has 0 saturated heterocycles. The highest BCUT2D eigenvalue weighted by Gasteiger charge is 2.15. The summed E-state index contributed by atoms with van der Waals surface area (Å²) in [5.74, 6) is 5.26. The van der Waals surface area contributed by atoms with E-state index in [2.05, 4.69) is 19.3 Å². The van der Waals surface area contributed by atoms with Crippen LogP contribution in [0, 0.1) is 5.92 Å². The first-order valence-corrected chi connectivity index (χ1v) is 6.79. The summed E-state index contributed by atoms with van der Waals surface area (Å²) < 4.78 is 0. The zero-order valence-corrected chi connectivity index (χ0v) is 11.2. The van der Waals surface area contributed by atoms with E-state index >= 15 is 0 Å². The molecule has 0 rings (SSSR count). The van der Waals surface area contributed by atoms with Gasteiger partial charge in [-0.25, -0.2) is 0 Å². The molecule has 0 aromatic heterocycles. The summed E-state index contributed by atoms with van der Waals surface area (Å²) >= 11 is 0. The van der Waals surface area contributed by atoms with E-state index in [1.54, 1.807) is 0 Å². The van der Waals surface area contributed by atoms with E-state index in [4.69, 9.17) is 10.9 Å². The van der Waals surface area contributed by atoms with Crippen LogP contribution < -0.4 is 11.3 Å². The number of carbonyl (C=O) groups is 1. The SMILES string of the molecule is CCCCCCC(CCCC(=O)O)C(C)NN. The number of hydrazine groups is 1. The molecule has 0 saturated carbocycles. The highest BCUT2D eigenvalue weighted by Crippen LogP contribution is 2.20. The van der Waals surface area contributed by atoms with Crippen LogP contribution in [0.2, 0.25) is 0 Å². The fourth-order valence-corrected chi connectivity index (χ4v) is 2.13. The summed E-state index contributed by atoms with van der Waals surface area (Å²) in [5.41, 5.74) is 2.80. The maximum absolute atomic E-state index is 10.5. The Bertz CT molecular complexity index is 198. The number of hydrogen-bond acceptors (Lipinski definition) is 3. The van der Waals surface area contributed by atoms with Crippen molar-refractivity contribution in [3.63, 3.8) is 0 Å². The molecule has 4 N–H and O–H groups in total. The monoisotopic (exact) mass is 244 g/mol. The van der Waals surface area contributed by atoms with Crippen LogP contribution in [0.1, 0.15) is 65.2 Å². The Labute approximate surface area is 105 Å². The van der Waals surface area contributed by atoms with E-state index in [1.807, 2.05) is 0 Å². The number of nitrogens with one attached hydrogen (secondary N) is 1. The second-order valence-electron chi connectivity index (χ2n) is 4.85. The molecule has 0 heterocycles. The van der Waals surface area contributed by atoms with E-state index in [0.717, 1.165) is 19.3 Å².